The van der Waals surface area contributed by atoms with Gasteiger partial charge < -0.3 is 10.6 Å². The molecule has 1 unspecified atom stereocenters. The SMILES string of the molecule is Cc1ccc(S(=O)(=O)N2CCN3CC[C@H](N)[C@@H]2C3)cc1. The number of fused-ring (bicyclic) bond motifs is 2. The number of sulfonamides is 1. The van der Waals surface area contributed by atoms with E-state index in [9.17, 15) is 8.42 Å². The summed E-state index contributed by atoms with van der Waals surface area (Å²) in [7, 11) is -3.44. The van der Waals surface area contributed by atoms with E-state index in [1.165, 1.54) is 0 Å². The van der Waals surface area contributed by atoms with Crippen molar-refractivity contribution >= 4 is 10.0 Å². The number of nitrogens with zero attached hydrogens (tertiary/aromatic N) is 2. The van der Waals surface area contributed by atoms with Crippen LogP contribution in [-0.4, -0.2) is 55.9 Å². The van der Waals surface area contributed by atoms with Gasteiger partial charge in [0.25, 0.3) is 0 Å². The fourth-order valence-electron chi connectivity index (χ4n) is 3.07. The van der Waals surface area contributed by atoms with Crippen LogP contribution in [0.3, 0.4) is 0 Å². The molecule has 2 saturated heterocycles. The number of rotatable bonds is 2. The highest BCUT2D eigenvalue weighted by Crippen LogP contribution is 2.26. The number of hydrogen-bond acceptors (Lipinski definition) is 4. The Balaban J connectivity index is 1.92. The molecule has 0 spiro atoms. The van der Waals surface area contributed by atoms with E-state index in [4.69, 9.17) is 5.73 Å². The molecular formula is C14H21N3O2S. The molecule has 2 aliphatic heterocycles. The average Bonchev–Trinajstić information content (AvgIpc) is 2.44. The largest absolute Gasteiger partial charge is 0.326 e. The third-order valence-corrected chi connectivity index (χ3v) is 6.29. The Morgan fingerprint density at radius 2 is 1.85 bits per heavy atom. The Bertz CT molecular complexity index is 585. The molecule has 3 atom stereocenters. The predicted octanol–water partition coefficient (Wildman–Crippen LogP) is 0.401. The zero-order chi connectivity index (χ0) is 14.3. The van der Waals surface area contributed by atoms with E-state index >= 15 is 0 Å². The van der Waals surface area contributed by atoms with Crippen molar-refractivity contribution in [3.63, 3.8) is 0 Å². The van der Waals surface area contributed by atoms with Crippen LogP contribution in [0, 0.1) is 6.92 Å². The Hall–Kier alpha value is -0.950. The van der Waals surface area contributed by atoms with E-state index in [-0.39, 0.29) is 12.1 Å². The molecule has 0 aliphatic carbocycles. The van der Waals surface area contributed by atoms with Gasteiger partial charge in [0.15, 0.2) is 0 Å². The molecule has 5 nitrogen and oxygen atoms in total. The summed E-state index contributed by atoms with van der Waals surface area (Å²) in [5.74, 6) is 0. The van der Waals surface area contributed by atoms with Gasteiger partial charge in [-0.25, -0.2) is 8.42 Å². The fraction of sp³-hybridized carbons (Fsp3) is 0.571. The highest BCUT2D eigenvalue weighted by molar-refractivity contribution is 7.89. The van der Waals surface area contributed by atoms with E-state index < -0.39 is 10.0 Å². The normalized spacial score (nSPS) is 31.2. The first-order chi connectivity index (χ1) is 9.48. The summed E-state index contributed by atoms with van der Waals surface area (Å²) in [5, 5.41) is 0. The van der Waals surface area contributed by atoms with Crippen molar-refractivity contribution in [2.24, 2.45) is 5.73 Å². The van der Waals surface area contributed by atoms with Gasteiger partial charge in [0, 0.05) is 25.7 Å². The van der Waals surface area contributed by atoms with Crippen molar-refractivity contribution in [2.45, 2.75) is 30.3 Å². The van der Waals surface area contributed by atoms with Gasteiger partial charge in [0.05, 0.1) is 10.9 Å². The molecule has 0 aromatic heterocycles. The number of aryl methyl sites for hydroxylation is 1. The minimum atomic E-state index is -3.44. The third-order valence-electron chi connectivity index (χ3n) is 4.35. The van der Waals surface area contributed by atoms with Gasteiger partial charge in [0.1, 0.15) is 0 Å². The number of piperidine rings is 1. The molecule has 1 aromatic rings. The van der Waals surface area contributed by atoms with Crippen molar-refractivity contribution in [3.8, 4) is 0 Å². The van der Waals surface area contributed by atoms with Crippen molar-refractivity contribution in [3.05, 3.63) is 29.8 Å². The van der Waals surface area contributed by atoms with Crippen molar-refractivity contribution in [2.75, 3.05) is 26.2 Å². The van der Waals surface area contributed by atoms with Crippen molar-refractivity contribution in [1.29, 1.82) is 0 Å². The van der Waals surface area contributed by atoms with E-state index in [2.05, 4.69) is 4.90 Å². The molecule has 2 heterocycles. The highest BCUT2D eigenvalue weighted by atomic mass is 32.2. The lowest BCUT2D eigenvalue weighted by atomic mass is 9.98. The number of piperazine rings is 1. The minimum Gasteiger partial charge on any atom is -0.326 e. The van der Waals surface area contributed by atoms with Gasteiger partial charge in [-0.15, -0.1) is 0 Å². The average molecular weight is 295 g/mol. The van der Waals surface area contributed by atoms with E-state index in [0.29, 0.717) is 11.4 Å². The molecule has 2 fully saturated rings. The maximum Gasteiger partial charge on any atom is 0.243 e. The standard InChI is InChI=1S/C14H21N3O2S/c1-11-2-4-12(5-3-11)20(18,19)17-9-8-16-7-6-13(15)14(17)10-16/h2-5,13-14H,6-10,15H2,1H3/t13-,14-/m0/s1. The molecule has 0 amide bonds. The van der Waals surface area contributed by atoms with E-state index in [0.717, 1.165) is 31.6 Å². The minimum absolute atomic E-state index is 0.0632. The molecule has 20 heavy (non-hydrogen) atoms. The van der Waals surface area contributed by atoms with Crippen LogP contribution in [0.5, 0.6) is 0 Å². The lowest BCUT2D eigenvalue weighted by Gasteiger charge is -2.46. The third kappa shape index (κ3) is 2.37. The van der Waals surface area contributed by atoms with Crippen LogP contribution in [0.1, 0.15) is 12.0 Å². The zero-order valence-corrected chi connectivity index (χ0v) is 12.5. The van der Waals surface area contributed by atoms with Crippen LogP contribution in [0.2, 0.25) is 0 Å². The second kappa shape index (κ2) is 5.11. The summed E-state index contributed by atoms with van der Waals surface area (Å²) >= 11 is 0. The first-order valence-electron chi connectivity index (χ1n) is 7.05. The summed E-state index contributed by atoms with van der Waals surface area (Å²) in [4.78, 5) is 2.67. The zero-order valence-electron chi connectivity index (χ0n) is 11.7. The van der Waals surface area contributed by atoms with Crippen LogP contribution in [0.25, 0.3) is 0 Å². The Morgan fingerprint density at radius 3 is 2.55 bits per heavy atom. The van der Waals surface area contributed by atoms with Gasteiger partial charge in [0.2, 0.25) is 10.0 Å². The lowest BCUT2D eigenvalue weighted by Crippen LogP contribution is -2.64. The molecule has 1 aromatic carbocycles. The topological polar surface area (TPSA) is 66.6 Å². The molecule has 2 aliphatic rings. The molecule has 110 valence electrons. The van der Waals surface area contributed by atoms with E-state index in [1.54, 1.807) is 16.4 Å². The van der Waals surface area contributed by atoms with Crippen molar-refractivity contribution in [1.82, 2.24) is 9.21 Å². The maximum absolute atomic E-state index is 12.8. The molecule has 3 rings (SSSR count). The summed E-state index contributed by atoms with van der Waals surface area (Å²) in [5.41, 5.74) is 7.20. The summed E-state index contributed by atoms with van der Waals surface area (Å²) in [6.45, 7) is 5.03. The molecule has 6 heteroatoms. The lowest BCUT2D eigenvalue weighted by molar-refractivity contribution is 0.0777. The Kier molecular flexibility index (Phi) is 3.58. The number of nitrogens with two attached hydrogens (primary N) is 1. The summed E-state index contributed by atoms with van der Waals surface area (Å²) < 4.78 is 27.2. The molecule has 0 saturated carbocycles. The van der Waals surface area contributed by atoms with Crippen LogP contribution < -0.4 is 5.73 Å². The molecule has 0 radical (unpaired) electrons. The van der Waals surface area contributed by atoms with Crippen LogP contribution in [0.15, 0.2) is 29.2 Å². The summed E-state index contributed by atoms with van der Waals surface area (Å²) in [6, 6.07) is 6.89. The molecule has 2 N–H and O–H groups in total. The number of hydrogen-bond donors (Lipinski definition) is 1. The second-order valence-corrected chi connectivity index (χ2v) is 7.64. The van der Waals surface area contributed by atoms with Gasteiger partial charge in [-0.3, -0.25) is 0 Å². The molecule has 2 bridgehead atoms. The smallest absolute Gasteiger partial charge is 0.243 e. The van der Waals surface area contributed by atoms with Crippen LogP contribution in [-0.2, 0) is 10.0 Å². The quantitative estimate of drug-likeness (QED) is 0.858. The van der Waals surface area contributed by atoms with Gasteiger partial charge in [-0.05, 0) is 32.0 Å². The predicted molar refractivity (Wildman–Crippen MR) is 77.9 cm³/mol. The first-order valence-corrected chi connectivity index (χ1v) is 8.49. The number of benzene rings is 1. The van der Waals surface area contributed by atoms with Gasteiger partial charge in [-0.2, -0.15) is 4.31 Å². The monoisotopic (exact) mass is 295 g/mol. The molecular weight excluding hydrogens is 274 g/mol. The van der Waals surface area contributed by atoms with Crippen molar-refractivity contribution < 1.29 is 8.42 Å². The highest BCUT2D eigenvalue weighted by Gasteiger charge is 2.41. The summed E-state index contributed by atoms with van der Waals surface area (Å²) in [6.07, 6.45) is 0.866. The van der Waals surface area contributed by atoms with E-state index in [1.807, 2.05) is 19.1 Å². The maximum atomic E-state index is 12.8. The second-order valence-electron chi connectivity index (χ2n) is 5.75. The van der Waals surface area contributed by atoms with Crippen LogP contribution >= 0.6 is 0 Å². The van der Waals surface area contributed by atoms with Gasteiger partial charge >= 0.3 is 0 Å². The van der Waals surface area contributed by atoms with Crippen LogP contribution in [0.4, 0.5) is 0 Å². The Labute approximate surface area is 120 Å². The van der Waals surface area contributed by atoms with Gasteiger partial charge in [-0.1, -0.05) is 17.7 Å². The Morgan fingerprint density at radius 1 is 1.15 bits per heavy atom. The first kappa shape index (κ1) is 14.0. The fourth-order valence-corrected chi connectivity index (χ4v) is 4.73.